The van der Waals surface area contributed by atoms with Crippen molar-refractivity contribution in [3.63, 3.8) is 0 Å². The highest BCUT2D eigenvalue weighted by molar-refractivity contribution is 6.76. The molecule has 0 aromatic carbocycles. The van der Waals surface area contributed by atoms with Crippen molar-refractivity contribution in [2.75, 3.05) is 6.61 Å². The summed E-state index contributed by atoms with van der Waals surface area (Å²) in [6.07, 6.45) is 3.59. The van der Waals surface area contributed by atoms with Crippen LogP contribution < -0.4 is 0 Å². The van der Waals surface area contributed by atoms with Crippen LogP contribution in [0.1, 0.15) is 0 Å². The fraction of sp³-hybridized carbons (Fsp3) is 0.462. The zero-order chi connectivity index (χ0) is 14.2. The standard InChI is InChI=1S/C13H19N5OSi/c1-20(2,3)7-6-19-9-18-13-12(16-17-18)11-10(8-15-13)4-5-14-11/h4-5,8,17H,6-7,9H2,1-3H3. The number of H-pyrrole nitrogens is 1. The molecule has 0 aliphatic rings. The highest BCUT2D eigenvalue weighted by Crippen LogP contribution is 2.19. The third kappa shape index (κ3) is 2.59. The first-order chi connectivity index (χ1) is 9.54. The Hall–Kier alpha value is -1.73. The summed E-state index contributed by atoms with van der Waals surface area (Å²) in [5.74, 6) is 0. The van der Waals surface area contributed by atoms with E-state index in [0.29, 0.717) is 6.73 Å². The molecule has 0 amide bonds. The Balaban J connectivity index is 1.76. The molecule has 106 valence electrons. The molecule has 0 radical (unpaired) electrons. The van der Waals surface area contributed by atoms with E-state index in [1.165, 1.54) is 0 Å². The van der Waals surface area contributed by atoms with Gasteiger partial charge in [-0.1, -0.05) is 19.6 Å². The minimum absolute atomic E-state index is 0.445. The first-order valence-corrected chi connectivity index (χ1v) is 10.5. The van der Waals surface area contributed by atoms with Gasteiger partial charge in [0, 0.05) is 32.5 Å². The molecular formula is C13H19N5OSi. The number of nitrogens with zero attached hydrogens (tertiary/aromatic N) is 4. The summed E-state index contributed by atoms with van der Waals surface area (Å²) in [4.78, 5) is 8.74. The average molecular weight is 289 g/mol. The summed E-state index contributed by atoms with van der Waals surface area (Å²) in [5, 5.41) is 8.24. The summed E-state index contributed by atoms with van der Waals surface area (Å²) in [6.45, 7) is 8.25. The van der Waals surface area contributed by atoms with Crippen LogP contribution in [0.3, 0.4) is 0 Å². The Morgan fingerprint density at radius 1 is 1.25 bits per heavy atom. The van der Waals surface area contributed by atoms with Crippen LogP contribution in [0.5, 0.6) is 0 Å². The molecule has 0 aliphatic carbocycles. The topological polar surface area (TPSA) is 68.6 Å². The first-order valence-electron chi connectivity index (χ1n) is 6.77. The molecule has 3 rings (SSSR count). The lowest BCUT2D eigenvalue weighted by atomic mass is 10.3. The Morgan fingerprint density at radius 2 is 2.10 bits per heavy atom. The lowest BCUT2D eigenvalue weighted by Gasteiger charge is -2.15. The first kappa shape index (κ1) is 13.3. The largest absolute Gasteiger partial charge is 0.359 e. The van der Waals surface area contributed by atoms with Crippen molar-refractivity contribution in [3.8, 4) is 0 Å². The normalized spacial score (nSPS) is 12.6. The highest BCUT2D eigenvalue weighted by atomic mass is 28.3. The molecule has 0 atom stereocenters. The molecule has 0 aliphatic heterocycles. The zero-order valence-corrected chi connectivity index (χ0v) is 13.1. The predicted molar refractivity (Wildman–Crippen MR) is 81.3 cm³/mol. The van der Waals surface area contributed by atoms with Crippen LogP contribution >= 0.6 is 0 Å². The van der Waals surface area contributed by atoms with Gasteiger partial charge in [0.05, 0.1) is 0 Å². The fourth-order valence-electron chi connectivity index (χ4n) is 2.03. The van der Waals surface area contributed by atoms with Crippen LogP contribution in [0.15, 0.2) is 18.5 Å². The van der Waals surface area contributed by atoms with Gasteiger partial charge < -0.3 is 4.74 Å². The van der Waals surface area contributed by atoms with Gasteiger partial charge in [-0.05, 0) is 12.1 Å². The van der Waals surface area contributed by atoms with Crippen LogP contribution in [-0.4, -0.2) is 39.6 Å². The van der Waals surface area contributed by atoms with Gasteiger partial charge in [0.15, 0.2) is 11.2 Å². The maximum atomic E-state index is 5.72. The van der Waals surface area contributed by atoms with Crippen molar-refractivity contribution in [1.82, 2.24) is 25.0 Å². The Morgan fingerprint density at radius 3 is 2.90 bits per heavy atom. The third-order valence-corrected chi connectivity index (χ3v) is 4.95. The van der Waals surface area contributed by atoms with Gasteiger partial charge in [-0.3, -0.25) is 4.98 Å². The van der Waals surface area contributed by atoms with Gasteiger partial charge in [0.2, 0.25) is 0 Å². The van der Waals surface area contributed by atoms with E-state index in [9.17, 15) is 0 Å². The number of rotatable bonds is 5. The summed E-state index contributed by atoms with van der Waals surface area (Å²) in [6, 6.07) is 3.09. The smallest absolute Gasteiger partial charge is 0.181 e. The molecule has 0 bridgehead atoms. The molecule has 0 saturated carbocycles. The number of ether oxygens (including phenoxy) is 1. The van der Waals surface area contributed by atoms with E-state index in [1.807, 2.05) is 16.9 Å². The van der Waals surface area contributed by atoms with E-state index in [4.69, 9.17) is 4.74 Å². The van der Waals surface area contributed by atoms with Crippen molar-refractivity contribution in [3.05, 3.63) is 18.5 Å². The maximum Gasteiger partial charge on any atom is 0.181 e. The average Bonchev–Trinajstić information content (AvgIpc) is 2.99. The van der Waals surface area contributed by atoms with Crippen molar-refractivity contribution < 1.29 is 4.74 Å². The highest BCUT2D eigenvalue weighted by Gasteiger charge is 2.13. The third-order valence-electron chi connectivity index (χ3n) is 3.25. The lowest BCUT2D eigenvalue weighted by molar-refractivity contribution is 0.0799. The number of hydrogen-bond donors (Lipinski definition) is 1. The van der Waals surface area contributed by atoms with Crippen LogP contribution in [0.2, 0.25) is 25.7 Å². The van der Waals surface area contributed by atoms with E-state index in [-0.39, 0.29) is 0 Å². The Kier molecular flexibility index (Phi) is 3.31. The maximum absolute atomic E-state index is 5.72. The molecule has 0 fully saturated rings. The van der Waals surface area contributed by atoms with E-state index in [2.05, 4.69) is 39.9 Å². The Bertz CT molecular complexity index is 727. The van der Waals surface area contributed by atoms with Gasteiger partial charge in [-0.2, -0.15) is 5.10 Å². The predicted octanol–water partition coefficient (Wildman–Crippen LogP) is 2.62. The van der Waals surface area contributed by atoms with Crippen LogP contribution in [0.4, 0.5) is 0 Å². The van der Waals surface area contributed by atoms with Crippen molar-refractivity contribution in [2.24, 2.45) is 0 Å². The van der Waals surface area contributed by atoms with Gasteiger partial charge in [0.1, 0.15) is 12.2 Å². The number of nitrogens with one attached hydrogen (secondary N) is 1. The van der Waals surface area contributed by atoms with Crippen molar-refractivity contribution in [1.29, 1.82) is 0 Å². The minimum atomic E-state index is -1.05. The number of aromatic amines is 1. The van der Waals surface area contributed by atoms with Gasteiger partial charge >= 0.3 is 0 Å². The molecule has 6 nitrogen and oxygen atoms in total. The van der Waals surface area contributed by atoms with E-state index in [0.717, 1.165) is 34.7 Å². The van der Waals surface area contributed by atoms with Gasteiger partial charge in [-0.25, -0.2) is 14.9 Å². The lowest BCUT2D eigenvalue weighted by Crippen LogP contribution is -2.22. The summed E-state index contributed by atoms with van der Waals surface area (Å²) in [5.41, 5.74) is 2.46. The van der Waals surface area contributed by atoms with Crippen molar-refractivity contribution in [2.45, 2.75) is 32.4 Å². The number of fused-ring (bicyclic) bond motifs is 3. The molecule has 3 aromatic rings. The second-order valence-electron chi connectivity index (χ2n) is 6.17. The number of aromatic nitrogens is 5. The molecule has 1 N–H and O–H groups in total. The molecule has 0 unspecified atom stereocenters. The molecule has 0 spiro atoms. The van der Waals surface area contributed by atoms with E-state index < -0.39 is 8.07 Å². The Labute approximate surface area is 118 Å². The van der Waals surface area contributed by atoms with Gasteiger partial charge in [-0.15, -0.1) is 0 Å². The van der Waals surface area contributed by atoms with E-state index in [1.54, 1.807) is 6.20 Å². The molecular weight excluding hydrogens is 270 g/mol. The van der Waals surface area contributed by atoms with E-state index >= 15 is 0 Å². The minimum Gasteiger partial charge on any atom is -0.359 e. The molecule has 3 aromatic heterocycles. The SMILES string of the molecule is C[Si](C)(C)CCOCn1[nH]nc2c3nccc3cnc21. The monoisotopic (exact) mass is 289 g/mol. The second kappa shape index (κ2) is 4.99. The van der Waals surface area contributed by atoms with Gasteiger partial charge in [0.25, 0.3) is 0 Å². The fourth-order valence-corrected chi connectivity index (χ4v) is 2.78. The summed E-state index contributed by atoms with van der Waals surface area (Å²) in [7, 11) is -1.05. The molecule has 3 heterocycles. The van der Waals surface area contributed by atoms with Crippen LogP contribution in [0.25, 0.3) is 22.1 Å². The number of pyridine rings is 1. The quantitative estimate of drug-likeness (QED) is 0.579. The molecule has 20 heavy (non-hydrogen) atoms. The second-order valence-corrected chi connectivity index (χ2v) is 11.8. The summed E-state index contributed by atoms with van der Waals surface area (Å²) >= 11 is 0. The zero-order valence-electron chi connectivity index (χ0n) is 12.1. The number of hydrogen-bond acceptors (Lipinski definition) is 4. The van der Waals surface area contributed by atoms with Crippen LogP contribution in [0, 0.1) is 0 Å². The molecule has 0 saturated heterocycles. The summed E-state index contributed by atoms with van der Waals surface area (Å²) < 4.78 is 7.53. The molecule has 7 heteroatoms. The van der Waals surface area contributed by atoms with Crippen molar-refractivity contribution >= 4 is 30.1 Å². The van der Waals surface area contributed by atoms with Crippen LogP contribution in [-0.2, 0) is 11.5 Å².